The van der Waals surface area contributed by atoms with E-state index in [-0.39, 0.29) is 13.0 Å². The van der Waals surface area contributed by atoms with E-state index in [1.165, 1.54) is 7.11 Å². The maximum atomic E-state index is 12.0. The molecule has 0 aromatic heterocycles. The SMILES string of the molecule is COC(=O)C[C@H]1C=C[C@H](NC(=O)Nc2ccccc2)[C@@H](CO)O1. The van der Waals surface area contributed by atoms with Crippen LogP contribution in [-0.4, -0.2) is 49.1 Å². The molecule has 0 saturated carbocycles. The Morgan fingerprint density at radius 1 is 1.26 bits per heavy atom. The first kappa shape index (κ1) is 17.0. The number of carbonyl (C=O) groups is 2. The molecular weight excluding hydrogens is 300 g/mol. The lowest BCUT2D eigenvalue weighted by molar-refractivity contribution is -0.144. The minimum Gasteiger partial charge on any atom is -0.469 e. The van der Waals surface area contributed by atoms with E-state index < -0.39 is 30.3 Å². The van der Waals surface area contributed by atoms with Crippen LogP contribution in [0.4, 0.5) is 10.5 Å². The summed E-state index contributed by atoms with van der Waals surface area (Å²) in [5.41, 5.74) is 0.662. The van der Waals surface area contributed by atoms with E-state index in [2.05, 4.69) is 15.4 Å². The number of ether oxygens (including phenoxy) is 2. The molecule has 0 spiro atoms. The second kappa shape index (κ2) is 8.30. The molecule has 1 aliphatic heterocycles. The lowest BCUT2D eigenvalue weighted by atomic mass is 10.1. The molecule has 7 heteroatoms. The third-order valence-corrected chi connectivity index (χ3v) is 3.39. The number of amides is 2. The van der Waals surface area contributed by atoms with Crippen molar-refractivity contribution in [2.45, 2.75) is 24.7 Å². The van der Waals surface area contributed by atoms with Gasteiger partial charge in [0.15, 0.2) is 0 Å². The number of nitrogens with one attached hydrogen (secondary N) is 2. The van der Waals surface area contributed by atoms with E-state index in [0.717, 1.165) is 0 Å². The van der Waals surface area contributed by atoms with Gasteiger partial charge in [0.25, 0.3) is 0 Å². The Morgan fingerprint density at radius 2 is 2.00 bits per heavy atom. The molecule has 1 aliphatic rings. The van der Waals surface area contributed by atoms with Crippen LogP contribution in [0, 0.1) is 0 Å². The normalized spacial score (nSPS) is 23.1. The number of rotatable bonds is 5. The molecule has 0 fully saturated rings. The number of hydrogen-bond donors (Lipinski definition) is 3. The Labute approximate surface area is 134 Å². The zero-order valence-electron chi connectivity index (χ0n) is 12.8. The molecule has 1 aromatic carbocycles. The van der Waals surface area contributed by atoms with Crippen LogP contribution in [-0.2, 0) is 14.3 Å². The summed E-state index contributed by atoms with van der Waals surface area (Å²) in [5.74, 6) is -0.399. The second-order valence-corrected chi connectivity index (χ2v) is 5.05. The van der Waals surface area contributed by atoms with Gasteiger partial charge in [0.1, 0.15) is 6.10 Å². The Hall–Kier alpha value is -2.38. The standard InChI is InChI=1S/C16H20N2O5/c1-22-15(20)9-12-7-8-13(14(10-19)23-12)18-16(21)17-11-5-3-2-4-6-11/h2-8,12-14,19H,9-10H2,1H3,(H2,17,18,21)/t12-,13+,14-/m1/s1. The summed E-state index contributed by atoms with van der Waals surface area (Å²) in [7, 11) is 1.30. The van der Waals surface area contributed by atoms with Crippen LogP contribution in [0.1, 0.15) is 6.42 Å². The summed E-state index contributed by atoms with van der Waals surface area (Å²) < 4.78 is 10.2. The maximum absolute atomic E-state index is 12.0. The Bertz CT molecular complexity index is 561. The molecule has 124 valence electrons. The fourth-order valence-electron chi connectivity index (χ4n) is 2.22. The molecule has 0 unspecified atom stereocenters. The number of aliphatic hydroxyl groups excluding tert-OH is 1. The van der Waals surface area contributed by atoms with Crippen molar-refractivity contribution in [2.75, 3.05) is 19.0 Å². The molecule has 0 radical (unpaired) electrons. The number of carbonyl (C=O) groups excluding carboxylic acids is 2. The highest BCUT2D eigenvalue weighted by molar-refractivity contribution is 5.89. The van der Waals surface area contributed by atoms with Crippen LogP contribution < -0.4 is 10.6 Å². The summed E-state index contributed by atoms with van der Waals surface area (Å²) in [5, 5.41) is 14.8. The number of methoxy groups -OCH3 is 1. The number of esters is 1. The van der Waals surface area contributed by atoms with Crippen molar-refractivity contribution in [1.29, 1.82) is 0 Å². The van der Waals surface area contributed by atoms with Gasteiger partial charge in [-0.3, -0.25) is 4.79 Å². The molecule has 3 N–H and O–H groups in total. The van der Waals surface area contributed by atoms with Gasteiger partial charge in [-0.25, -0.2) is 4.79 Å². The highest BCUT2D eigenvalue weighted by Crippen LogP contribution is 2.16. The quantitative estimate of drug-likeness (QED) is 0.557. The summed E-state index contributed by atoms with van der Waals surface area (Å²) >= 11 is 0. The smallest absolute Gasteiger partial charge is 0.319 e. The van der Waals surface area contributed by atoms with Gasteiger partial charge in [-0.2, -0.15) is 0 Å². The van der Waals surface area contributed by atoms with Crippen molar-refractivity contribution >= 4 is 17.7 Å². The van der Waals surface area contributed by atoms with Crippen molar-refractivity contribution in [3.63, 3.8) is 0 Å². The number of hydrogen-bond acceptors (Lipinski definition) is 5. The average molecular weight is 320 g/mol. The van der Waals surface area contributed by atoms with Gasteiger partial charge in [0, 0.05) is 5.69 Å². The lowest BCUT2D eigenvalue weighted by Gasteiger charge is -2.31. The number of benzene rings is 1. The van der Waals surface area contributed by atoms with Crippen LogP contribution in [0.2, 0.25) is 0 Å². The number of para-hydroxylation sites is 1. The first-order valence-electron chi connectivity index (χ1n) is 7.26. The molecule has 2 rings (SSSR count). The second-order valence-electron chi connectivity index (χ2n) is 5.05. The Balaban J connectivity index is 1.92. The zero-order valence-corrected chi connectivity index (χ0v) is 12.8. The van der Waals surface area contributed by atoms with Gasteiger partial charge in [-0.1, -0.05) is 30.4 Å². The summed E-state index contributed by atoms with van der Waals surface area (Å²) in [6, 6.07) is 8.12. The summed E-state index contributed by atoms with van der Waals surface area (Å²) in [4.78, 5) is 23.2. The minimum atomic E-state index is -0.629. The van der Waals surface area contributed by atoms with E-state index in [9.17, 15) is 14.7 Å². The van der Waals surface area contributed by atoms with E-state index in [1.54, 1.807) is 24.3 Å². The van der Waals surface area contributed by atoms with Crippen LogP contribution in [0.3, 0.4) is 0 Å². The zero-order chi connectivity index (χ0) is 16.7. The average Bonchev–Trinajstić information content (AvgIpc) is 2.56. The number of aliphatic hydroxyl groups is 1. The highest BCUT2D eigenvalue weighted by atomic mass is 16.5. The molecule has 2 amide bonds. The van der Waals surface area contributed by atoms with Crippen molar-refractivity contribution in [3.8, 4) is 0 Å². The monoisotopic (exact) mass is 320 g/mol. The van der Waals surface area contributed by atoms with E-state index >= 15 is 0 Å². The number of anilines is 1. The molecule has 0 saturated heterocycles. The van der Waals surface area contributed by atoms with E-state index in [0.29, 0.717) is 5.69 Å². The van der Waals surface area contributed by atoms with Crippen LogP contribution in [0.25, 0.3) is 0 Å². The fourth-order valence-corrected chi connectivity index (χ4v) is 2.22. The van der Waals surface area contributed by atoms with Gasteiger partial charge in [0.05, 0.1) is 32.3 Å². The minimum absolute atomic E-state index is 0.0619. The maximum Gasteiger partial charge on any atom is 0.319 e. The molecule has 3 atom stereocenters. The van der Waals surface area contributed by atoms with Gasteiger partial charge in [0.2, 0.25) is 0 Å². The molecule has 1 aromatic rings. The first-order chi connectivity index (χ1) is 11.1. The van der Waals surface area contributed by atoms with Crippen molar-refractivity contribution < 1.29 is 24.2 Å². The molecule has 0 bridgehead atoms. The topological polar surface area (TPSA) is 96.9 Å². The van der Waals surface area contributed by atoms with Crippen LogP contribution >= 0.6 is 0 Å². The van der Waals surface area contributed by atoms with Gasteiger partial charge >= 0.3 is 12.0 Å². The van der Waals surface area contributed by atoms with Gasteiger partial charge in [-0.15, -0.1) is 0 Å². The Kier molecular flexibility index (Phi) is 6.13. The number of urea groups is 1. The molecule has 1 heterocycles. The van der Waals surface area contributed by atoms with Crippen molar-refractivity contribution in [1.82, 2.24) is 5.32 Å². The predicted molar refractivity (Wildman–Crippen MR) is 83.9 cm³/mol. The van der Waals surface area contributed by atoms with E-state index in [1.807, 2.05) is 18.2 Å². The van der Waals surface area contributed by atoms with Crippen LogP contribution in [0.15, 0.2) is 42.5 Å². The lowest BCUT2D eigenvalue weighted by Crippen LogP contribution is -2.49. The third-order valence-electron chi connectivity index (χ3n) is 3.39. The molecular formula is C16H20N2O5. The molecule has 7 nitrogen and oxygen atoms in total. The molecule has 23 heavy (non-hydrogen) atoms. The molecule has 0 aliphatic carbocycles. The van der Waals surface area contributed by atoms with Gasteiger partial charge < -0.3 is 25.2 Å². The Morgan fingerprint density at radius 3 is 2.65 bits per heavy atom. The van der Waals surface area contributed by atoms with Crippen LogP contribution in [0.5, 0.6) is 0 Å². The first-order valence-corrected chi connectivity index (χ1v) is 7.26. The van der Waals surface area contributed by atoms with E-state index in [4.69, 9.17) is 4.74 Å². The summed E-state index contributed by atoms with van der Waals surface area (Å²) in [6.07, 6.45) is 2.34. The predicted octanol–water partition coefficient (Wildman–Crippen LogP) is 1.06. The summed E-state index contributed by atoms with van der Waals surface area (Å²) in [6.45, 7) is -0.279. The van der Waals surface area contributed by atoms with Crippen molar-refractivity contribution in [2.24, 2.45) is 0 Å². The largest absolute Gasteiger partial charge is 0.469 e. The highest BCUT2D eigenvalue weighted by Gasteiger charge is 2.29. The third kappa shape index (κ3) is 5.08. The van der Waals surface area contributed by atoms with Gasteiger partial charge in [-0.05, 0) is 12.1 Å². The van der Waals surface area contributed by atoms with Crippen molar-refractivity contribution in [3.05, 3.63) is 42.5 Å². The fraction of sp³-hybridized carbons (Fsp3) is 0.375.